The zero-order chi connectivity index (χ0) is 25.7. The number of benzene rings is 1. The molecule has 3 amide bonds. The van der Waals surface area contributed by atoms with E-state index in [4.69, 9.17) is 9.57 Å². The van der Waals surface area contributed by atoms with Gasteiger partial charge in [-0.1, -0.05) is 0 Å². The number of thiazole rings is 1. The number of alkyl halides is 2. The van der Waals surface area contributed by atoms with E-state index in [1.165, 1.54) is 33.4 Å². The van der Waals surface area contributed by atoms with Crippen molar-refractivity contribution < 1.29 is 37.1 Å². The lowest BCUT2D eigenvalue weighted by Gasteiger charge is -2.24. The van der Waals surface area contributed by atoms with E-state index < -0.39 is 42.7 Å². The van der Waals surface area contributed by atoms with Gasteiger partial charge in [0, 0.05) is 30.6 Å². The number of urea groups is 1. The molecule has 1 aromatic heterocycles. The Morgan fingerprint density at radius 1 is 1.25 bits per heavy atom. The van der Waals surface area contributed by atoms with Crippen molar-refractivity contribution >= 4 is 40.6 Å². The van der Waals surface area contributed by atoms with Gasteiger partial charge in [0.2, 0.25) is 0 Å². The third-order valence-corrected chi connectivity index (χ3v) is 6.50. The summed E-state index contributed by atoms with van der Waals surface area (Å²) in [5.74, 6) is -1.79. The van der Waals surface area contributed by atoms with E-state index in [-0.39, 0.29) is 37.5 Å². The topological polar surface area (TPSA) is 104 Å². The molecule has 14 heteroatoms. The molecule has 4 rings (SSSR count). The van der Waals surface area contributed by atoms with Gasteiger partial charge in [-0.2, -0.15) is 0 Å². The first-order valence-corrected chi connectivity index (χ1v) is 12.1. The zero-order valence-corrected chi connectivity index (χ0v) is 19.9. The number of carbonyl (C=O) groups excluding carboxylic acids is 3. The molecule has 2 aliphatic heterocycles. The quantitative estimate of drug-likeness (QED) is 0.562. The lowest BCUT2D eigenvalue weighted by molar-refractivity contribution is -0.129. The van der Waals surface area contributed by atoms with Gasteiger partial charge in [0.15, 0.2) is 5.78 Å². The average Bonchev–Trinajstić information content (AvgIpc) is 3.44. The zero-order valence-electron chi connectivity index (χ0n) is 19.1. The third-order valence-electron chi connectivity index (χ3n) is 5.72. The van der Waals surface area contributed by atoms with Crippen LogP contribution in [0, 0.1) is 5.82 Å². The van der Waals surface area contributed by atoms with Crippen LogP contribution in [-0.4, -0.2) is 73.3 Å². The molecule has 2 aromatic rings. The second-order valence-electron chi connectivity index (χ2n) is 8.11. The van der Waals surface area contributed by atoms with E-state index >= 15 is 4.39 Å². The molecule has 0 spiro atoms. The fourth-order valence-electron chi connectivity index (χ4n) is 3.85. The number of hydrogen-bond donors (Lipinski definition) is 1. The van der Waals surface area contributed by atoms with Crippen LogP contribution in [0.2, 0.25) is 0 Å². The maximum absolute atomic E-state index is 15.0. The Morgan fingerprint density at radius 2 is 2.08 bits per heavy atom. The number of Topliss-reactive ketones (excluding diaryl/α,β-unsaturated/α-hetero) is 1. The normalized spacial score (nSPS) is 18.4. The summed E-state index contributed by atoms with van der Waals surface area (Å²) >= 11 is 1.42. The molecular weight excluding hydrogens is 503 g/mol. The molecule has 1 N–H and O–H groups in total. The molecule has 0 bridgehead atoms. The molecule has 0 unspecified atom stereocenters. The molecule has 1 aromatic carbocycles. The monoisotopic (exact) mass is 527 g/mol. The number of halogens is 3. The number of nitrogens with zero attached hydrogens (tertiary/aromatic N) is 4. The Kier molecular flexibility index (Phi) is 8.25. The lowest BCUT2D eigenvalue weighted by Crippen LogP contribution is -2.41. The Labute approximate surface area is 208 Å². The summed E-state index contributed by atoms with van der Waals surface area (Å²) in [7, 11) is 0. The SMILES string of the molecule is O=C(CC[C@H]1CN(c2ccc(N3CCON(C(=O)NCc4cncs4)CC3)c(F)c2)C(=O)O1)C(F)F. The lowest BCUT2D eigenvalue weighted by atomic mass is 10.1. The van der Waals surface area contributed by atoms with Crippen molar-refractivity contribution in [2.75, 3.05) is 42.6 Å². The summed E-state index contributed by atoms with van der Waals surface area (Å²) in [6, 6.07) is 3.86. The molecule has 3 heterocycles. The van der Waals surface area contributed by atoms with Crippen molar-refractivity contribution in [3.05, 3.63) is 40.6 Å². The second kappa shape index (κ2) is 11.6. The van der Waals surface area contributed by atoms with Crippen LogP contribution in [-0.2, 0) is 20.9 Å². The Morgan fingerprint density at radius 3 is 2.81 bits per heavy atom. The first-order valence-electron chi connectivity index (χ1n) is 11.2. The van der Waals surface area contributed by atoms with E-state index in [2.05, 4.69) is 10.3 Å². The van der Waals surface area contributed by atoms with Crippen molar-refractivity contribution in [2.45, 2.75) is 31.9 Å². The highest BCUT2D eigenvalue weighted by Gasteiger charge is 2.33. The molecule has 0 radical (unpaired) electrons. The number of hydroxylamine groups is 2. The van der Waals surface area contributed by atoms with Gasteiger partial charge in [-0.15, -0.1) is 11.3 Å². The molecule has 0 saturated carbocycles. The number of ketones is 1. The fourth-order valence-corrected chi connectivity index (χ4v) is 4.38. The molecule has 0 aliphatic carbocycles. The smallest absolute Gasteiger partial charge is 0.414 e. The van der Waals surface area contributed by atoms with Crippen molar-refractivity contribution in [1.82, 2.24) is 15.4 Å². The predicted octanol–water partition coefficient (Wildman–Crippen LogP) is 3.19. The largest absolute Gasteiger partial charge is 0.444 e. The standard InChI is InChI=1S/C22H24F3N5O5S/c23-17-9-14(29-12-15(35-22(29)33)2-4-19(31)20(24)25)1-3-18(17)28-5-6-30(34-8-7-28)21(32)27-11-16-10-26-13-36-16/h1,3,9-10,13,15,20H,2,4-8,11-12H2,(H,27,32)/t15-/m0/s1. The van der Waals surface area contributed by atoms with Crippen LogP contribution >= 0.6 is 11.3 Å². The van der Waals surface area contributed by atoms with Crippen LogP contribution in [0.25, 0.3) is 0 Å². The number of rotatable bonds is 8. The number of aromatic nitrogens is 1. The number of amides is 3. The van der Waals surface area contributed by atoms with Gasteiger partial charge in [-0.25, -0.2) is 27.8 Å². The molecule has 194 valence electrons. The van der Waals surface area contributed by atoms with Crippen LogP contribution in [0.5, 0.6) is 0 Å². The van der Waals surface area contributed by atoms with Gasteiger partial charge < -0.3 is 15.0 Å². The first-order chi connectivity index (χ1) is 17.3. The first kappa shape index (κ1) is 25.7. The van der Waals surface area contributed by atoms with Gasteiger partial charge in [0.1, 0.15) is 11.9 Å². The van der Waals surface area contributed by atoms with Crippen LogP contribution in [0.15, 0.2) is 29.9 Å². The summed E-state index contributed by atoms with van der Waals surface area (Å²) < 4.78 is 44.9. The summed E-state index contributed by atoms with van der Waals surface area (Å²) in [4.78, 5) is 49.0. The minimum atomic E-state index is -3.06. The maximum Gasteiger partial charge on any atom is 0.414 e. The minimum Gasteiger partial charge on any atom is -0.444 e. The number of nitrogens with one attached hydrogen (secondary N) is 1. The minimum absolute atomic E-state index is 0.0251. The van der Waals surface area contributed by atoms with E-state index in [9.17, 15) is 23.2 Å². The maximum atomic E-state index is 15.0. The number of carbonyl (C=O) groups is 3. The predicted molar refractivity (Wildman–Crippen MR) is 123 cm³/mol. The summed E-state index contributed by atoms with van der Waals surface area (Å²) in [6.07, 6.45) is -3.31. The highest BCUT2D eigenvalue weighted by Crippen LogP contribution is 2.29. The van der Waals surface area contributed by atoms with Gasteiger partial charge in [0.05, 0.1) is 43.1 Å². The van der Waals surface area contributed by atoms with Gasteiger partial charge in [-0.3, -0.25) is 19.5 Å². The third kappa shape index (κ3) is 6.23. The summed E-state index contributed by atoms with van der Waals surface area (Å²) in [5, 5.41) is 3.95. The molecule has 2 fully saturated rings. The van der Waals surface area contributed by atoms with Gasteiger partial charge >= 0.3 is 12.1 Å². The summed E-state index contributed by atoms with van der Waals surface area (Å²) in [6.45, 7) is 1.36. The second-order valence-corrected chi connectivity index (χ2v) is 9.08. The Hall–Kier alpha value is -3.39. The number of anilines is 2. The molecule has 1 atom stereocenters. The molecule has 36 heavy (non-hydrogen) atoms. The van der Waals surface area contributed by atoms with Crippen LogP contribution in [0.3, 0.4) is 0 Å². The Bertz CT molecular complexity index is 1090. The van der Waals surface area contributed by atoms with E-state index in [1.54, 1.807) is 22.7 Å². The number of ether oxygens (including phenoxy) is 1. The highest BCUT2D eigenvalue weighted by molar-refractivity contribution is 7.09. The average molecular weight is 528 g/mol. The van der Waals surface area contributed by atoms with Crippen molar-refractivity contribution in [2.24, 2.45) is 0 Å². The van der Waals surface area contributed by atoms with E-state index in [1.807, 2.05) is 0 Å². The van der Waals surface area contributed by atoms with Gasteiger partial charge in [-0.05, 0) is 24.6 Å². The number of hydrogen-bond acceptors (Lipinski definition) is 8. The van der Waals surface area contributed by atoms with Crippen LogP contribution in [0.4, 0.5) is 34.1 Å². The van der Waals surface area contributed by atoms with E-state index in [0.29, 0.717) is 19.6 Å². The van der Waals surface area contributed by atoms with Crippen LogP contribution in [0.1, 0.15) is 17.7 Å². The summed E-state index contributed by atoms with van der Waals surface area (Å²) in [5.41, 5.74) is 2.20. The van der Waals surface area contributed by atoms with Crippen molar-refractivity contribution in [1.29, 1.82) is 0 Å². The van der Waals surface area contributed by atoms with Gasteiger partial charge in [0.25, 0.3) is 6.43 Å². The van der Waals surface area contributed by atoms with Crippen molar-refractivity contribution in [3.63, 3.8) is 0 Å². The van der Waals surface area contributed by atoms with Crippen molar-refractivity contribution in [3.8, 4) is 0 Å². The Balaban J connectivity index is 1.32. The molecule has 10 nitrogen and oxygen atoms in total. The van der Waals surface area contributed by atoms with E-state index in [0.717, 1.165) is 4.88 Å². The molecule has 2 saturated heterocycles. The highest BCUT2D eigenvalue weighted by atomic mass is 32.1. The molecule has 2 aliphatic rings. The van der Waals surface area contributed by atoms with Crippen LogP contribution < -0.4 is 15.1 Å². The molecular formula is C22H24F3N5O5S. The number of cyclic esters (lactones) is 1. The fraction of sp³-hybridized carbons (Fsp3) is 0.455.